The molecule has 4 aliphatic carbocycles. The van der Waals surface area contributed by atoms with Gasteiger partial charge in [-0.1, -0.05) is 154 Å². The van der Waals surface area contributed by atoms with E-state index in [1.54, 1.807) is 34.1 Å². The highest BCUT2D eigenvalue weighted by molar-refractivity contribution is 6.38. The summed E-state index contributed by atoms with van der Waals surface area (Å²) in [5, 5.41) is 18.7. The number of likely N-dealkylation sites (tertiary alicyclic amines) is 2. The number of amides is 2. The minimum Gasteiger partial charge on any atom is -0.472 e. The number of aliphatic hydroxyl groups excluding tert-OH is 1. The number of fused-ring (bicyclic) bond motifs is 2. The number of ketones is 7. The first-order chi connectivity index (χ1) is 52.6. The first-order valence-electron chi connectivity index (χ1n) is 40.4. The molecule has 2 saturated heterocycles. The van der Waals surface area contributed by atoms with Crippen molar-refractivity contribution in [3.8, 4) is 11.8 Å². The van der Waals surface area contributed by atoms with Gasteiger partial charge in [0.25, 0.3) is 12.0 Å². The number of benzene rings is 2. The molecule has 6 aromatic rings. The van der Waals surface area contributed by atoms with Crippen LogP contribution in [0.5, 0.6) is 11.8 Å². The molecule has 22 nitrogen and oxygen atoms in total. The predicted octanol–water partition coefficient (Wildman–Crippen LogP) is 16.2. The summed E-state index contributed by atoms with van der Waals surface area (Å²) in [4.78, 5) is 148. The fourth-order valence-electron chi connectivity index (χ4n) is 16.7. The highest BCUT2D eigenvalue weighted by Gasteiger charge is 2.50. The van der Waals surface area contributed by atoms with Crippen LogP contribution in [0.15, 0.2) is 94.0 Å². The quantitative estimate of drug-likeness (QED) is 0.0308. The van der Waals surface area contributed by atoms with Crippen LogP contribution in [0.4, 0.5) is 12.0 Å². The second-order valence-electron chi connectivity index (χ2n) is 34.2. The van der Waals surface area contributed by atoms with E-state index in [2.05, 4.69) is 30.6 Å². The summed E-state index contributed by atoms with van der Waals surface area (Å²) in [6.07, 6.45) is 17.2. The largest absolute Gasteiger partial charge is 0.472 e. The molecule has 2 amide bonds. The molecule has 1 unspecified atom stereocenters. The number of anilines is 2. The van der Waals surface area contributed by atoms with Crippen LogP contribution in [0.2, 0.25) is 10.0 Å². The van der Waals surface area contributed by atoms with Gasteiger partial charge >= 0.3 is 0 Å². The Kier molecular flexibility index (Phi) is 28.4. The number of pyridine rings is 2. The number of carbonyl (C=O) groups is 9. The normalized spacial score (nSPS) is 21.2. The van der Waals surface area contributed by atoms with E-state index in [-0.39, 0.29) is 129 Å². The molecule has 2 aliphatic heterocycles. The molecule has 6 aliphatic rings. The first kappa shape index (κ1) is 83.0. The summed E-state index contributed by atoms with van der Waals surface area (Å²) in [6.45, 7) is 15.8. The van der Waals surface area contributed by atoms with Crippen molar-refractivity contribution in [3.63, 3.8) is 0 Å². The van der Waals surface area contributed by atoms with Gasteiger partial charge in [-0.3, -0.25) is 43.2 Å². The van der Waals surface area contributed by atoms with Gasteiger partial charge in [0.15, 0.2) is 45.9 Å². The van der Waals surface area contributed by atoms with Gasteiger partial charge in [0.2, 0.25) is 29.4 Å². The molecule has 12 rings (SSSR count). The SMILES string of the molecule is CCC[C@H](CC(=O)[C@@H]1C[C@@H](Oc2ccc(Cl)cn2)CN1C(=O)[C@@H](CC(=O)[C@@H](Nc1nc2ccccc2o1)C1CCCCC1)C(C)(C)C)C(=O)C(=O)CC1CC1.CCC[C@H](CC(=O)[C@@H]1C[C@@H](Oc2ccc(Cl)cn2)CN1C(=O)[C@@H](CC(=O)[C@@H](Nc1nc2ccccc2o1)C1CCCCC1)C(C)(C)C)C(O)C(=O)CC1CC1. The molecule has 6 fully saturated rings. The van der Waals surface area contributed by atoms with E-state index in [1.165, 1.54) is 12.4 Å². The molecule has 4 saturated carbocycles. The van der Waals surface area contributed by atoms with E-state index in [1.807, 2.05) is 104 Å². The summed E-state index contributed by atoms with van der Waals surface area (Å²) < 4.78 is 24.4. The van der Waals surface area contributed by atoms with Crippen LogP contribution in [-0.2, 0) is 43.2 Å². The molecule has 3 N–H and O–H groups in total. The number of nitrogens with zero attached hydrogens (tertiary/aromatic N) is 6. The molecule has 594 valence electrons. The number of Topliss-reactive ketones (excluding diaryl/α,β-unsaturated/α-hetero) is 7. The van der Waals surface area contributed by atoms with Gasteiger partial charge in [-0.15, -0.1) is 0 Å². The van der Waals surface area contributed by atoms with Crippen LogP contribution in [0, 0.1) is 58.2 Å². The number of hydrogen-bond acceptors (Lipinski definition) is 20. The Morgan fingerprint density at radius 2 is 0.964 bits per heavy atom. The molecular weight excluding hydrogens is 1440 g/mol. The minimum atomic E-state index is -1.23. The molecule has 2 aromatic carbocycles. The van der Waals surface area contributed by atoms with Crippen LogP contribution >= 0.6 is 23.2 Å². The van der Waals surface area contributed by atoms with Gasteiger partial charge < -0.3 is 43.8 Å². The summed E-state index contributed by atoms with van der Waals surface area (Å²) in [5.74, 6) is -3.93. The second kappa shape index (κ2) is 37.6. The maximum absolute atomic E-state index is 14.9. The van der Waals surface area contributed by atoms with Crippen molar-refractivity contribution < 1.29 is 66.6 Å². The fraction of sp³-hybridized carbons (Fsp3) is 0.616. The molecule has 11 atom stereocenters. The highest BCUT2D eigenvalue weighted by Crippen LogP contribution is 2.42. The second-order valence-corrected chi connectivity index (χ2v) is 35.0. The summed E-state index contributed by atoms with van der Waals surface area (Å²) >= 11 is 12.1. The maximum atomic E-state index is 14.9. The van der Waals surface area contributed by atoms with E-state index in [0.29, 0.717) is 82.0 Å². The van der Waals surface area contributed by atoms with Crippen LogP contribution in [-0.4, -0.2) is 143 Å². The van der Waals surface area contributed by atoms with Crippen molar-refractivity contribution in [2.24, 2.45) is 58.2 Å². The highest BCUT2D eigenvalue weighted by atomic mass is 35.5. The fourth-order valence-corrected chi connectivity index (χ4v) is 17.0. The Labute approximate surface area is 656 Å². The van der Waals surface area contributed by atoms with Crippen LogP contribution in [0.1, 0.15) is 222 Å². The third-order valence-electron chi connectivity index (χ3n) is 23.4. The number of hydrogen-bond donors (Lipinski definition) is 3. The average molecular weight is 1550 g/mol. The lowest BCUT2D eigenvalue weighted by Crippen LogP contribution is -2.49. The van der Waals surface area contributed by atoms with Crippen molar-refractivity contribution in [1.82, 2.24) is 29.7 Å². The minimum absolute atomic E-state index is 0.0365. The number of halogens is 2. The number of oxazole rings is 2. The van der Waals surface area contributed by atoms with Gasteiger partial charge in [-0.05, 0) is 141 Å². The molecule has 110 heavy (non-hydrogen) atoms. The number of aromatic nitrogens is 4. The van der Waals surface area contributed by atoms with Gasteiger partial charge in [-0.2, -0.15) is 9.97 Å². The zero-order valence-corrected chi connectivity index (χ0v) is 66.7. The van der Waals surface area contributed by atoms with Gasteiger partial charge in [0.05, 0.1) is 47.3 Å². The van der Waals surface area contributed by atoms with Crippen molar-refractivity contribution in [2.75, 3.05) is 23.7 Å². The third kappa shape index (κ3) is 22.2. The smallest absolute Gasteiger partial charge is 0.296 e. The van der Waals surface area contributed by atoms with Crippen molar-refractivity contribution in [2.45, 2.75) is 265 Å². The summed E-state index contributed by atoms with van der Waals surface area (Å²) in [5.41, 5.74) is 1.34. The van der Waals surface area contributed by atoms with Crippen molar-refractivity contribution in [3.05, 3.63) is 95.2 Å². The molecular formula is C86H112Cl2N8O14. The lowest BCUT2D eigenvalue weighted by Gasteiger charge is -2.36. The van der Waals surface area contributed by atoms with E-state index in [9.17, 15) is 48.3 Å². The van der Waals surface area contributed by atoms with Crippen LogP contribution in [0.25, 0.3) is 22.2 Å². The number of rotatable bonds is 36. The Morgan fingerprint density at radius 1 is 0.536 bits per heavy atom. The van der Waals surface area contributed by atoms with E-state index in [4.69, 9.17) is 41.5 Å². The Balaban J connectivity index is 0.000000218. The molecule has 0 radical (unpaired) electrons. The van der Waals surface area contributed by atoms with E-state index in [0.717, 1.165) is 89.9 Å². The monoisotopic (exact) mass is 1550 g/mol. The zero-order valence-electron chi connectivity index (χ0n) is 65.2. The molecule has 24 heteroatoms. The number of carbonyl (C=O) groups excluding carboxylic acids is 9. The van der Waals surface area contributed by atoms with Gasteiger partial charge in [0.1, 0.15) is 29.3 Å². The van der Waals surface area contributed by atoms with Crippen LogP contribution < -0.4 is 20.1 Å². The van der Waals surface area contributed by atoms with Crippen LogP contribution in [0.3, 0.4) is 0 Å². The lowest BCUT2D eigenvalue weighted by molar-refractivity contribution is -0.147. The van der Waals surface area contributed by atoms with E-state index >= 15 is 0 Å². The lowest BCUT2D eigenvalue weighted by atomic mass is 9.74. The first-order valence-corrected chi connectivity index (χ1v) is 41.2. The van der Waals surface area contributed by atoms with Crippen molar-refractivity contribution in [1.29, 1.82) is 0 Å². The average Bonchev–Trinajstić information content (AvgIpc) is 1.62. The van der Waals surface area contributed by atoms with Gasteiger partial charge in [0, 0.05) is 93.6 Å². The molecule has 4 aromatic heterocycles. The molecule has 6 heterocycles. The number of nitrogens with one attached hydrogen (secondary N) is 2. The molecule has 0 spiro atoms. The summed E-state index contributed by atoms with van der Waals surface area (Å²) in [6, 6.07) is 19.1. The Hall–Kier alpha value is -7.95. The third-order valence-corrected chi connectivity index (χ3v) is 23.8. The topological polar surface area (TPSA) is 301 Å². The van der Waals surface area contributed by atoms with E-state index < -0.39 is 88.5 Å². The maximum Gasteiger partial charge on any atom is 0.296 e. The Morgan fingerprint density at radius 3 is 1.36 bits per heavy atom. The van der Waals surface area contributed by atoms with Crippen molar-refractivity contribution >= 4 is 110 Å². The number of para-hydroxylation sites is 4. The number of ether oxygens (including phenoxy) is 2. The predicted molar refractivity (Wildman–Crippen MR) is 420 cm³/mol. The number of aliphatic hydroxyl groups is 1. The zero-order chi connectivity index (χ0) is 78.6. The Bertz CT molecular complexity index is 4100. The molecule has 0 bridgehead atoms. The van der Waals surface area contributed by atoms with Gasteiger partial charge in [-0.25, -0.2) is 9.97 Å². The summed E-state index contributed by atoms with van der Waals surface area (Å²) in [7, 11) is 0. The standard InChI is InChI=1S/C43H57ClN4O7.C43H55ClN4O7/c2*1-5-11-28(40(52)36(51)20-26-16-17-26)21-34(49)33-22-30(54-38-19-18-29(44)24-45-38)25-48(33)41(53)31(43(2,3)4)23-35(50)39(27-12-7-6-8-13-27)47-42-46-32-14-9-10-15-37(32)55-42/h9-10,14-15,18-19,24,26-28,30-31,33,39-40,52H,5-8,11-13,16-17,20-23,25H2,1-4H3,(H,46,47);9-10,14-15,18-19,24,26-28,30-31,33,39H,5-8,11-13,16-17,20-23,25H2,1-4H3,(H,46,47)/t28-,30-,31-,33+,39+,40?;28-,30-,31-,33+,39+/m11/s1.